The van der Waals surface area contributed by atoms with E-state index in [2.05, 4.69) is 26.6 Å². The number of hydrogen-bond acceptors (Lipinski definition) is 4. The summed E-state index contributed by atoms with van der Waals surface area (Å²) in [5, 5.41) is 5.20. The number of amides is 1. The molecule has 1 aliphatic heterocycles. The van der Waals surface area contributed by atoms with Gasteiger partial charge in [0.1, 0.15) is 5.82 Å². The van der Waals surface area contributed by atoms with Gasteiger partial charge >= 0.3 is 0 Å². The summed E-state index contributed by atoms with van der Waals surface area (Å²) in [5.41, 5.74) is 1.85. The predicted molar refractivity (Wildman–Crippen MR) is 102 cm³/mol. The number of rotatable bonds is 4. The van der Waals surface area contributed by atoms with E-state index in [-0.39, 0.29) is 11.9 Å². The first-order valence-electron chi connectivity index (χ1n) is 8.40. The van der Waals surface area contributed by atoms with Crippen molar-refractivity contribution in [2.45, 2.75) is 12.5 Å². The van der Waals surface area contributed by atoms with Gasteiger partial charge in [0.2, 0.25) is 0 Å². The van der Waals surface area contributed by atoms with Crippen LogP contribution in [0.4, 0.5) is 5.82 Å². The maximum absolute atomic E-state index is 12.5. The molecule has 3 heterocycles. The molecular formula is C20H19N3OS. The van der Waals surface area contributed by atoms with Crippen molar-refractivity contribution in [2.24, 2.45) is 0 Å². The van der Waals surface area contributed by atoms with Crippen LogP contribution >= 0.6 is 11.3 Å². The summed E-state index contributed by atoms with van der Waals surface area (Å²) in [5.74, 6) is 0.963. The number of hydrogen-bond donors (Lipinski definition) is 1. The monoisotopic (exact) mass is 349 g/mol. The lowest BCUT2D eigenvalue weighted by Crippen LogP contribution is -2.37. The van der Waals surface area contributed by atoms with Gasteiger partial charge in [-0.3, -0.25) is 4.79 Å². The largest absolute Gasteiger partial charge is 0.354 e. The van der Waals surface area contributed by atoms with E-state index in [0.29, 0.717) is 5.56 Å². The topological polar surface area (TPSA) is 45.2 Å². The second kappa shape index (κ2) is 7.07. The zero-order valence-corrected chi connectivity index (χ0v) is 14.6. The maximum Gasteiger partial charge on any atom is 0.251 e. The van der Waals surface area contributed by atoms with Gasteiger partial charge in [0.05, 0.1) is 0 Å². The molecule has 0 bridgehead atoms. The van der Waals surface area contributed by atoms with E-state index in [4.69, 9.17) is 0 Å². The van der Waals surface area contributed by atoms with Crippen molar-refractivity contribution in [2.75, 3.05) is 18.0 Å². The van der Waals surface area contributed by atoms with Crippen molar-refractivity contribution < 1.29 is 4.79 Å². The Morgan fingerprint density at radius 1 is 1.12 bits per heavy atom. The highest BCUT2D eigenvalue weighted by atomic mass is 32.1. The van der Waals surface area contributed by atoms with Crippen molar-refractivity contribution in [1.82, 2.24) is 10.3 Å². The van der Waals surface area contributed by atoms with Crippen LogP contribution in [0.3, 0.4) is 0 Å². The van der Waals surface area contributed by atoms with E-state index in [1.807, 2.05) is 48.5 Å². The Kier molecular flexibility index (Phi) is 4.48. The maximum atomic E-state index is 12.5. The molecule has 0 aliphatic carbocycles. The van der Waals surface area contributed by atoms with Gasteiger partial charge < -0.3 is 10.2 Å². The van der Waals surface area contributed by atoms with Crippen LogP contribution < -0.4 is 10.2 Å². The zero-order chi connectivity index (χ0) is 17.1. The van der Waals surface area contributed by atoms with Crippen molar-refractivity contribution in [3.8, 4) is 10.4 Å². The quantitative estimate of drug-likeness (QED) is 0.779. The summed E-state index contributed by atoms with van der Waals surface area (Å²) in [6.45, 7) is 1.72. The second-order valence-corrected chi connectivity index (χ2v) is 7.10. The lowest BCUT2D eigenvalue weighted by Gasteiger charge is -2.17. The Balaban J connectivity index is 1.38. The van der Waals surface area contributed by atoms with Gasteiger partial charge in [-0.25, -0.2) is 4.98 Å². The molecule has 0 saturated carbocycles. The Hall–Kier alpha value is -2.66. The van der Waals surface area contributed by atoms with Gasteiger partial charge in [-0.15, -0.1) is 11.3 Å². The SMILES string of the molecule is O=C(N[C@H]1CCN(c2ccccn2)C1)c1ccc(-c2cccs2)cc1. The summed E-state index contributed by atoms with van der Waals surface area (Å²) >= 11 is 1.70. The number of aromatic nitrogens is 1. The fourth-order valence-electron chi connectivity index (χ4n) is 3.12. The standard InChI is InChI=1S/C20H19N3OS/c24-20(16-8-6-15(7-9-16)18-4-3-13-25-18)22-17-10-12-23(14-17)19-5-1-2-11-21-19/h1-9,11,13,17H,10,12,14H2,(H,22,24)/t17-/m0/s1. The molecule has 1 aliphatic rings. The highest BCUT2D eigenvalue weighted by molar-refractivity contribution is 7.13. The summed E-state index contributed by atoms with van der Waals surface area (Å²) in [6.07, 6.45) is 2.74. The van der Waals surface area contributed by atoms with Gasteiger partial charge in [-0.2, -0.15) is 0 Å². The predicted octanol–water partition coefficient (Wildman–Crippen LogP) is 3.82. The summed E-state index contributed by atoms with van der Waals surface area (Å²) in [4.78, 5) is 20.3. The van der Waals surface area contributed by atoms with Crippen LogP contribution in [0.15, 0.2) is 66.2 Å². The van der Waals surface area contributed by atoms with Crippen LogP contribution in [0.5, 0.6) is 0 Å². The molecule has 0 radical (unpaired) electrons. The number of carbonyl (C=O) groups excluding carboxylic acids is 1. The van der Waals surface area contributed by atoms with Crippen molar-refractivity contribution in [3.05, 3.63) is 71.7 Å². The molecule has 1 amide bonds. The van der Waals surface area contributed by atoms with Gasteiger partial charge in [-0.1, -0.05) is 24.3 Å². The molecule has 3 aromatic rings. The minimum absolute atomic E-state index is 0.00870. The molecule has 1 fully saturated rings. The first kappa shape index (κ1) is 15.8. The van der Waals surface area contributed by atoms with Gasteiger partial charge in [0, 0.05) is 35.8 Å². The minimum atomic E-state index is -0.00870. The van der Waals surface area contributed by atoms with Crippen LogP contribution in [0.2, 0.25) is 0 Å². The zero-order valence-electron chi connectivity index (χ0n) is 13.8. The molecule has 126 valence electrons. The van der Waals surface area contributed by atoms with Gasteiger partial charge in [0.15, 0.2) is 0 Å². The van der Waals surface area contributed by atoms with E-state index < -0.39 is 0 Å². The number of benzene rings is 1. The first-order chi connectivity index (χ1) is 12.3. The van der Waals surface area contributed by atoms with Crippen LogP contribution in [-0.2, 0) is 0 Å². The van der Waals surface area contributed by atoms with Crippen LogP contribution in [0.25, 0.3) is 10.4 Å². The molecule has 1 atom stereocenters. The van der Waals surface area contributed by atoms with Crippen LogP contribution in [0.1, 0.15) is 16.8 Å². The summed E-state index contributed by atoms with van der Waals surface area (Å²) in [7, 11) is 0. The van der Waals surface area contributed by atoms with Crippen LogP contribution in [-0.4, -0.2) is 30.0 Å². The number of nitrogens with zero attached hydrogens (tertiary/aromatic N) is 2. The molecule has 4 nitrogen and oxygen atoms in total. The molecule has 25 heavy (non-hydrogen) atoms. The number of pyridine rings is 1. The van der Waals surface area contributed by atoms with E-state index in [9.17, 15) is 4.79 Å². The Bertz CT molecular complexity index is 831. The number of nitrogens with one attached hydrogen (secondary N) is 1. The molecule has 1 N–H and O–H groups in total. The van der Waals surface area contributed by atoms with E-state index in [1.54, 1.807) is 17.5 Å². The second-order valence-electron chi connectivity index (χ2n) is 6.15. The average Bonchev–Trinajstić information content (AvgIpc) is 3.35. The lowest BCUT2D eigenvalue weighted by atomic mass is 10.1. The molecule has 2 aromatic heterocycles. The summed E-state index contributed by atoms with van der Waals surface area (Å²) in [6, 6.07) is 18.0. The fourth-order valence-corrected chi connectivity index (χ4v) is 3.86. The van der Waals surface area contributed by atoms with Crippen molar-refractivity contribution in [3.63, 3.8) is 0 Å². The van der Waals surface area contributed by atoms with Crippen molar-refractivity contribution in [1.29, 1.82) is 0 Å². The third-order valence-corrected chi connectivity index (χ3v) is 5.37. The molecule has 1 aromatic carbocycles. The average molecular weight is 349 g/mol. The number of thiophene rings is 1. The van der Waals surface area contributed by atoms with E-state index >= 15 is 0 Å². The normalized spacial score (nSPS) is 16.8. The lowest BCUT2D eigenvalue weighted by molar-refractivity contribution is 0.0940. The third kappa shape index (κ3) is 3.56. The molecule has 1 saturated heterocycles. The third-order valence-electron chi connectivity index (χ3n) is 4.45. The Morgan fingerprint density at radius 2 is 2.00 bits per heavy atom. The molecular weight excluding hydrogens is 330 g/mol. The number of carbonyl (C=O) groups is 1. The molecule has 4 rings (SSSR count). The van der Waals surface area contributed by atoms with E-state index in [1.165, 1.54) is 4.88 Å². The molecule has 5 heteroatoms. The summed E-state index contributed by atoms with van der Waals surface area (Å²) < 4.78 is 0. The van der Waals surface area contributed by atoms with E-state index in [0.717, 1.165) is 30.9 Å². The molecule has 0 unspecified atom stereocenters. The highest BCUT2D eigenvalue weighted by Gasteiger charge is 2.24. The Morgan fingerprint density at radius 3 is 2.72 bits per heavy atom. The Labute approximate surface area is 151 Å². The fraction of sp³-hybridized carbons (Fsp3) is 0.200. The first-order valence-corrected chi connectivity index (χ1v) is 9.28. The minimum Gasteiger partial charge on any atom is -0.354 e. The van der Waals surface area contributed by atoms with Crippen molar-refractivity contribution >= 4 is 23.1 Å². The number of anilines is 1. The van der Waals surface area contributed by atoms with Gasteiger partial charge in [0.25, 0.3) is 5.91 Å². The highest BCUT2D eigenvalue weighted by Crippen LogP contribution is 2.25. The molecule has 0 spiro atoms. The van der Waals surface area contributed by atoms with Gasteiger partial charge in [-0.05, 0) is 47.7 Å². The smallest absolute Gasteiger partial charge is 0.251 e. The van der Waals surface area contributed by atoms with Crippen LogP contribution in [0, 0.1) is 0 Å².